The molecule has 0 amide bonds. The third kappa shape index (κ3) is 2.14. The number of likely N-dealkylation sites (tertiary alicyclic amines) is 1. The van der Waals surface area contributed by atoms with Gasteiger partial charge in [-0.25, -0.2) is 0 Å². The Kier molecular flexibility index (Phi) is 3.42. The maximum absolute atomic E-state index is 6.01. The molecule has 1 fully saturated rings. The van der Waals surface area contributed by atoms with Gasteiger partial charge in [-0.1, -0.05) is 55.0 Å². The van der Waals surface area contributed by atoms with Gasteiger partial charge in [0, 0.05) is 23.6 Å². The molecular formula is C20H23NO. The first-order valence-electron chi connectivity index (χ1n) is 8.32. The highest BCUT2D eigenvalue weighted by Crippen LogP contribution is 2.51. The van der Waals surface area contributed by atoms with Crippen molar-refractivity contribution in [1.82, 2.24) is 4.90 Å². The van der Waals surface area contributed by atoms with Gasteiger partial charge in [0.05, 0.1) is 6.61 Å². The van der Waals surface area contributed by atoms with Crippen LogP contribution in [0.4, 0.5) is 0 Å². The van der Waals surface area contributed by atoms with Crippen LogP contribution in [-0.2, 0) is 0 Å². The van der Waals surface area contributed by atoms with E-state index in [-0.39, 0.29) is 0 Å². The molecule has 0 radical (unpaired) electrons. The molecule has 2 nitrogen and oxygen atoms in total. The normalized spacial score (nSPS) is 27.1. The predicted octanol–water partition coefficient (Wildman–Crippen LogP) is 4.51. The topological polar surface area (TPSA) is 12.5 Å². The van der Waals surface area contributed by atoms with Crippen molar-refractivity contribution >= 4 is 0 Å². The number of nitrogens with zero attached hydrogens (tertiary/aromatic N) is 1. The lowest BCUT2D eigenvalue weighted by Crippen LogP contribution is -2.31. The molecule has 22 heavy (non-hydrogen) atoms. The van der Waals surface area contributed by atoms with E-state index in [0.717, 1.165) is 18.9 Å². The van der Waals surface area contributed by atoms with E-state index in [2.05, 4.69) is 67.3 Å². The second kappa shape index (κ2) is 5.44. The van der Waals surface area contributed by atoms with E-state index >= 15 is 0 Å². The minimum Gasteiger partial charge on any atom is -0.493 e. The monoisotopic (exact) mass is 293 g/mol. The van der Waals surface area contributed by atoms with Crippen LogP contribution < -0.4 is 4.74 Å². The molecule has 2 heteroatoms. The van der Waals surface area contributed by atoms with Crippen molar-refractivity contribution in [3.05, 3.63) is 65.2 Å². The van der Waals surface area contributed by atoms with Crippen LogP contribution in [0.1, 0.15) is 42.1 Å². The number of ether oxygens (including phenoxy) is 1. The summed E-state index contributed by atoms with van der Waals surface area (Å²) in [5, 5.41) is 0. The van der Waals surface area contributed by atoms with E-state index in [1.54, 1.807) is 0 Å². The van der Waals surface area contributed by atoms with Crippen LogP contribution in [0.15, 0.2) is 48.5 Å². The molecule has 4 rings (SSSR count). The van der Waals surface area contributed by atoms with E-state index in [1.807, 2.05) is 0 Å². The number of fused-ring (bicyclic) bond motifs is 3. The Bertz CT molecular complexity index is 664. The molecule has 0 bridgehead atoms. The molecule has 114 valence electrons. The van der Waals surface area contributed by atoms with Gasteiger partial charge in [0.2, 0.25) is 0 Å². The van der Waals surface area contributed by atoms with E-state index in [1.165, 1.54) is 23.1 Å². The van der Waals surface area contributed by atoms with Gasteiger partial charge in [0.15, 0.2) is 0 Å². The van der Waals surface area contributed by atoms with Crippen LogP contribution in [-0.4, -0.2) is 18.1 Å². The lowest BCUT2D eigenvalue weighted by Gasteiger charge is -2.34. The van der Waals surface area contributed by atoms with Gasteiger partial charge in [-0.05, 0) is 31.5 Å². The average molecular weight is 293 g/mol. The minimum atomic E-state index is 0.501. The number of hydrogen-bond donors (Lipinski definition) is 0. The number of para-hydroxylation sites is 1. The van der Waals surface area contributed by atoms with Crippen molar-refractivity contribution in [2.75, 3.05) is 13.2 Å². The summed E-state index contributed by atoms with van der Waals surface area (Å²) in [7, 11) is 0. The fraction of sp³-hybridized carbons (Fsp3) is 0.400. The van der Waals surface area contributed by atoms with E-state index in [0.29, 0.717) is 18.0 Å². The summed E-state index contributed by atoms with van der Waals surface area (Å²) in [6, 6.07) is 18.6. The third-order valence-electron chi connectivity index (χ3n) is 5.25. The lowest BCUT2D eigenvalue weighted by atomic mass is 9.90. The Hall–Kier alpha value is -1.80. The minimum absolute atomic E-state index is 0.501. The van der Waals surface area contributed by atoms with Gasteiger partial charge < -0.3 is 4.74 Å². The van der Waals surface area contributed by atoms with E-state index in [9.17, 15) is 0 Å². The van der Waals surface area contributed by atoms with Crippen LogP contribution in [0.5, 0.6) is 5.75 Å². The molecule has 2 heterocycles. The highest BCUT2D eigenvalue weighted by molar-refractivity contribution is 5.40. The Labute approximate surface area is 132 Å². The highest BCUT2D eigenvalue weighted by Gasteiger charge is 2.44. The SMILES string of the molecule is CCN1C(c2ccc(C)cc2)CC2COc3ccccc3C21. The molecule has 2 aliphatic heterocycles. The number of aryl methyl sites for hydroxylation is 1. The first-order valence-corrected chi connectivity index (χ1v) is 8.32. The molecule has 2 aliphatic rings. The van der Waals surface area contributed by atoms with Gasteiger partial charge >= 0.3 is 0 Å². The number of rotatable bonds is 2. The Morgan fingerprint density at radius 3 is 2.64 bits per heavy atom. The maximum atomic E-state index is 6.01. The summed E-state index contributed by atoms with van der Waals surface area (Å²) in [6.45, 7) is 6.36. The van der Waals surface area contributed by atoms with Crippen molar-refractivity contribution in [2.24, 2.45) is 5.92 Å². The first kappa shape index (κ1) is 13.8. The van der Waals surface area contributed by atoms with Gasteiger partial charge in [0.1, 0.15) is 5.75 Å². The van der Waals surface area contributed by atoms with E-state index in [4.69, 9.17) is 4.74 Å². The fourth-order valence-corrected chi connectivity index (χ4v) is 4.19. The Balaban J connectivity index is 1.72. The quantitative estimate of drug-likeness (QED) is 0.807. The molecule has 3 atom stereocenters. The molecule has 0 aromatic heterocycles. The zero-order valence-corrected chi connectivity index (χ0v) is 13.3. The van der Waals surface area contributed by atoms with Gasteiger partial charge in [-0.15, -0.1) is 0 Å². The van der Waals surface area contributed by atoms with Crippen molar-refractivity contribution in [1.29, 1.82) is 0 Å². The third-order valence-corrected chi connectivity index (χ3v) is 5.25. The van der Waals surface area contributed by atoms with E-state index < -0.39 is 0 Å². The molecule has 0 N–H and O–H groups in total. The highest BCUT2D eigenvalue weighted by atomic mass is 16.5. The second-order valence-electron chi connectivity index (χ2n) is 6.55. The van der Waals surface area contributed by atoms with Crippen molar-refractivity contribution in [3.63, 3.8) is 0 Å². The maximum Gasteiger partial charge on any atom is 0.124 e. The fourth-order valence-electron chi connectivity index (χ4n) is 4.19. The first-order chi connectivity index (χ1) is 10.8. The zero-order chi connectivity index (χ0) is 15.1. The molecule has 2 aromatic rings. The van der Waals surface area contributed by atoms with Crippen LogP contribution in [0.2, 0.25) is 0 Å². The molecule has 0 spiro atoms. The van der Waals surface area contributed by atoms with Gasteiger partial charge in [-0.3, -0.25) is 4.90 Å². The van der Waals surface area contributed by atoms with Crippen molar-refractivity contribution in [3.8, 4) is 5.75 Å². The molecule has 2 aromatic carbocycles. The van der Waals surface area contributed by atoms with Gasteiger partial charge in [0.25, 0.3) is 0 Å². The number of benzene rings is 2. The summed E-state index contributed by atoms with van der Waals surface area (Å²) < 4.78 is 6.01. The van der Waals surface area contributed by atoms with Crippen LogP contribution in [0.3, 0.4) is 0 Å². The molecule has 3 unspecified atom stereocenters. The van der Waals surface area contributed by atoms with Crippen LogP contribution in [0.25, 0.3) is 0 Å². The van der Waals surface area contributed by atoms with Crippen LogP contribution in [0, 0.1) is 12.8 Å². The Morgan fingerprint density at radius 2 is 1.86 bits per heavy atom. The second-order valence-corrected chi connectivity index (χ2v) is 6.55. The standard InChI is InChI=1S/C20H23NO/c1-3-21-18(15-10-8-14(2)9-11-15)12-16-13-22-19-7-5-4-6-17(19)20(16)21/h4-11,16,18,20H,3,12-13H2,1-2H3. The summed E-state index contributed by atoms with van der Waals surface area (Å²) in [5.74, 6) is 1.67. The van der Waals surface area contributed by atoms with Crippen molar-refractivity contribution in [2.45, 2.75) is 32.4 Å². The smallest absolute Gasteiger partial charge is 0.124 e. The molecular weight excluding hydrogens is 270 g/mol. The van der Waals surface area contributed by atoms with Crippen LogP contribution >= 0.6 is 0 Å². The van der Waals surface area contributed by atoms with Crippen molar-refractivity contribution < 1.29 is 4.74 Å². The Morgan fingerprint density at radius 1 is 1.09 bits per heavy atom. The molecule has 0 aliphatic carbocycles. The summed E-state index contributed by atoms with van der Waals surface area (Å²) in [4.78, 5) is 2.66. The summed E-state index contributed by atoms with van der Waals surface area (Å²) in [5.41, 5.74) is 4.14. The number of hydrogen-bond acceptors (Lipinski definition) is 2. The van der Waals surface area contributed by atoms with Gasteiger partial charge in [-0.2, -0.15) is 0 Å². The largest absolute Gasteiger partial charge is 0.493 e. The summed E-state index contributed by atoms with van der Waals surface area (Å²) >= 11 is 0. The average Bonchev–Trinajstić information content (AvgIpc) is 2.94. The molecule has 0 saturated carbocycles. The predicted molar refractivity (Wildman–Crippen MR) is 89.1 cm³/mol. The zero-order valence-electron chi connectivity index (χ0n) is 13.3. The molecule has 1 saturated heterocycles. The summed E-state index contributed by atoms with van der Waals surface area (Å²) in [6.07, 6.45) is 1.19. The lowest BCUT2D eigenvalue weighted by molar-refractivity contribution is 0.138.